The Morgan fingerprint density at radius 3 is 2.19 bits per heavy atom. The van der Waals surface area contributed by atoms with Gasteiger partial charge in [-0.1, -0.05) is 12.1 Å². The van der Waals surface area contributed by atoms with E-state index >= 15 is 0 Å². The molecule has 0 aromatic heterocycles. The number of hydrogen-bond donors (Lipinski definition) is 2. The molecule has 0 radical (unpaired) electrons. The number of ether oxygens (including phenoxy) is 3. The lowest BCUT2D eigenvalue weighted by molar-refractivity contribution is -0.0235. The van der Waals surface area contributed by atoms with E-state index in [0.29, 0.717) is 0 Å². The largest absolute Gasteiger partial charge is 0.460 e. The number of carbonyl (C=O) groups is 2. The van der Waals surface area contributed by atoms with E-state index in [0.717, 1.165) is 0 Å². The molecule has 1 aromatic rings. The maximum absolute atomic E-state index is 11.9. The van der Waals surface area contributed by atoms with Gasteiger partial charge in [-0.25, -0.2) is 9.59 Å². The van der Waals surface area contributed by atoms with Crippen LogP contribution >= 0.6 is 0 Å². The van der Waals surface area contributed by atoms with Crippen molar-refractivity contribution in [2.45, 2.75) is 13.0 Å². The molecule has 0 aliphatic heterocycles. The normalized spacial score (nSPS) is 11.8. The average molecular weight is 298 g/mol. The predicted molar refractivity (Wildman–Crippen MR) is 71.7 cm³/mol. The van der Waals surface area contributed by atoms with Crippen molar-refractivity contribution in [2.24, 2.45) is 0 Å². The Hall–Kier alpha value is -1.96. The van der Waals surface area contributed by atoms with E-state index in [9.17, 15) is 9.59 Å². The van der Waals surface area contributed by atoms with Gasteiger partial charge in [-0.05, 0) is 19.1 Å². The molecule has 1 rings (SSSR count). The third-order valence-corrected chi connectivity index (χ3v) is 2.37. The van der Waals surface area contributed by atoms with Crippen LogP contribution in [-0.4, -0.2) is 54.9 Å². The van der Waals surface area contributed by atoms with Crippen molar-refractivity contribution in [2.75, 3.05) is 26.6 Å². The maximum Gasteiger partial charge on any atom is 0.339 e. The van der Waals surface area contributed by atoms with Crippen LogP contribution in [0, 0.1) is 0 Å². The fourth-order valence-electron chi connectivity index (χ4n) is 1.45. The lowest BCUT2D eigenvalue weighted by Gasteiger charge is -2.10. The molecule has 0 amide bonds. The first kappa shape index (κ1) is 17.1. The molecule has 0 aliphatic carbocycles. The number of aliphatic hydroxyl groups excluding tert-OH is 2. The van der Waals surface area contributed by atoms with Crippen LogP contribution < -0.4 is 0 Å². The number of rotatable bonds is 8. The van der Waals surface area contributed by atoms with Crippen LogP contribution in [0.25, 0.3) is 0 Å². The van der Waals surface area contributed by atoms with Gasteiger partial charge in [0.15, 0.2) is 0 Å². The van der Waals surface area contributed by atoms with Crippen molar-refractivity contribution in [1.29, 1.82) is 0 Å². The Balaban J connectivity index is 2.69. The lowest BCUT2D eigenvalue weighted by atomic mass is 10.1. The molecular formula is C14H18O7. The highest BCUT2D eigenvalue weighted by molar-refractivity contribution is 6.03. The van der Waals surface area contributed by atoms with Gasteiger partial charge in [0.25, 0.3) is 0 Å². The quantitative estimate of drug-likeness (QED) is 0.405. The number of carbonyl (C=O) groups excluding carboxylic acids is 2. The summed E-state index contributed by atoms with van der Waals surface area (Å²) in [6.45, 7) is 0.869. The minimum Gasteiger partial charge on any atom is -0.460 e. The zero-order chi connectivity index (χ0) is 15.7. The van der Waals surface area contributed by atoms with Crippen molar-refractivity contribution in [3.05, 3.63) is 35.4 Å². The molecular weight excluding hydrogens is 280 g/mol. The van der Waals surface area contributed by atoms with Crippen LogP contribution in [0.3, 0.4) is 0 Å². The Bertz CT molecular complexity index is 470. The molecule has 2 N–H and O–H groups in total. The molecule has 0 saturated carbocycles. The van der Waals surface area contributed by atoms with Gasteiger partial charge in [-0.15, -0.1) is 0 Å². The standard InChI is InChI=1S/C14H18O7/c1-10(16)8-21-14(18)12-5-3-2-4-11(12)13(17)20-7-6-19-9-15/h2-5,10,15-16H,6-9H2,1H3. The third kappa shape index (κ3) is 5.90. The molecule has 7 nitrogen and oxygen atoms in total. The number of aliphatic hydroxyl groups is 2. The zero-order valence-corrected chi connectivity index (χ0v) is 11.7. The van der Waals surface area contributed by atoms with Crippen LogP contribution in [0.15, 0.2) is 24.3 Å². The molecule has 0 aliphatic rings. The first-order valence-electron chi connectivity index (χ1n) is 6.36. The summed E-state index contributed by atoms with van der Waals surface area (Å²) in [4.78, 5) is 23.7. The molecule has 1 aromatic carbocycles. The topological polar surface area (TPSA) is 102 Å². The van der Waals surface area contributed by atoms with Gasteiger partial charge >= 0.3 is 11.9 Å². The summed E-state index contributed by atoms with van der Waals surface area (Å²) in [7, 11) is 0. The first-order chi connectivity index (χ1) is 10.1. The van der Waals surface area contributed by atoms with Crippen LogP contribution in [0.4, 0.5) is 0 Å². The summed E-state index contributed by atoms with van der Waals surface area (Å²) >= 11 is 0. The fourth-order valence-corrected chi connectivity index (χ4v) is 1.45. The molecule has 1 atom stereocenters. The van der Waals surface area contributed by atoms with Gasteiger partial charge in [0.05, 0.1) is 23.8 Å². The Kier molecular flexibility index (Phi) is 7.38. The molecule has 0 heterocycles. The Labute approximate surface area is 122 Å². The van der Waals surface area contributed by atoms with Crippen LogP contribution in [0.1, 0.15) is 27.6 Å². The third-order valence-electron chi connectivity index (χ3n) is 2.37. The zero-order valence-electron chi connectivity index (χ0n) is 11.7. The number of hydrogen-bond acceptors (Lipinski definition) is 7. The summed E-state index contributed by atoms with van der Waals surface area (Å²) < 4.78 is 14.4. The van der Waals surface area contributed by atoms with E-state index in [2.05, 4.69) is 4.74 Å². The number of esters is 2. The average Bonchev–Trinajstić information content (AvgIpc) is 2.49. The van der Waals surface area contributed by atoms with E-state index in [4.69, 9.17) is 19.7 Å². The smallest absolute Gasteiger partial charge is 0.339 e. The maximum atomic E-state index is 11.9. The molecule has 7 heteroatoms. The Morgan fingerprint density at radius 2 is 1.67 bits per heavy atom. The number of benzene rings is 1. The highest BCUT2D eigenvalue weighted by Crippen LogP contribution is 2.12. The fraction of sp³-hybridized carbons (Fsp3) is 0.429. The Morgan fingerprint density at radius 1 is 1.10 bits per heavy atom. The molecule has 0 spiro atoms. The predicted octanol–water partition coefficient (Wildman–Crippen LogP) is 0.347. The first-order valence-corrected chi connectivity index (χ1v) is 6.36. The van der Waals surface area contributed by atoms with Gasteiger partial charge in [-0.2, -0.15) is 0 Å². The van der Waals surface area contributed by atoms with Crippen LogP contribution in [-0.2, 0) is 14.2 Å². The van der Waals surface area contributed by atoms with E-state index in [1.165, 1.54) is 19.1 Å². The molecule has 0 saturated heterocycles. The van der Waals surface area contributed by atoms with Crippen LogP contribution in [0.2, 0.25) is 0 Å². The SMILES string of the molecule is CC(O)COC(=O)c1ccccc1C(=O)OCCOCO. The molecule has 1 unspecified atom stereocenters. The monoisotopic (exact) mass is 298 g/mol. The van der Waals surface area contributed by atoms with E-state index in [1.807, 2.05) is 0 Å². The minimum absolute atomic E-state index is 0.0452. The minimum atomic E-state index is -0.788. The van der Waals surface area contributed by atoms with Crippen molar-refractivity contribution >= 4 is 11.9 Å². The molecule has 0 fully saturated rings. The summed E-state index contributed by atoms with van der Waals surface area (Å²) in [5.41, 5.74) is 0.128. The summed E-state index contributed by atoms with van der Waals surface area (Å²) in [6, 6.07) is 6.05. The second-order valence-electron chi connectivity index (χ2n) is 4.17. The van der Waals surface area contributed by atoms with Crippen molar-refractivity contribution in [1.82, 2.24) is 0 Å². The van der Waals surface area contributed by atoms with Gasteiger partial charge < -0.3 is 24.4 Å². The summed E-state index contributed by atoms with van der Waals surface area (Å²) in [5.74, 6) is -1.41. The highest BCUT2D eigenvalue weighted by atomic mass is 16.6. The summed E-state index contributed by atoms with van der Waals surface area (Å²) in [5, 5.41) is 17.5. The van der Waals surface area contributed by atoms with Crippen LogP contribution in [0.5, 0.6) is 0 Å². The van der Waals surface area contributed by atoms with Gasteiger partial charge in [0, 0.05) is 0 Å². The lowest BCUT2D eigenvalue weighted by Crippen LogP contribution is -2.19. The van der Waals surface area contributed by atoms with E-state index < -0.39 is 24.8 Å². The molecule has 21 heavy (non-hydrogen) atoms. The molecule has 0 bridgehead atoms. The highest BCUT2D eigenvalue weighted by Gasteiger charge is 2.19. The van der Waals surface area contributed by atoms with E-state index in [1.54, 1.807) is 12.1 Å². The van der Waals surface area contributed by atoms with Crippen molar-refractivity contribution in [3.8, 4) is 0 Å². The van der Waals surface area contributed by atoms with Gasteiger partial charge in [0.1, 0.15) is 20.0 Å². The summed E-state index contributed by atoms with van der Waals surface area (Å²) in [6.07, 6.45) is -0.788. The van der Waals surface area contributed by atoms with Crippen molar-refractivity contribution < 1.29 is 34.0 Å². The van der Waals surface area contributed by atoms with Gasteiger partial charge in [-0.3, -0.25) is 0 Å². The molecule has 116 valence electrons. The van der Waals surface area contributed by atoms with E-state index in [-0.39, 0.29) is 30.9 Å². The van der Waals surface area contributed by atoms with Crippen molar-refractivity contribution in [3.63, 3.8) is 0 Å². The second-order valence-corrected chi connectivity index (χ2v) is 4.17. The van der Waals surface area contributed by atoms with Gasteiger partial charge in [0.2, 0.25) is 0 Å². The second kappa shape index (κ2) is 9.06.